The second-order valence-electron chi connectivity index (χ2n) is 7.21. The van der Waals surface area contributed by atoms with Crippen LogP contribution in [0.3, 0.4) is 0 Å². The van der Waals surface area contributed by atoms with Crippen LogP contribution in [0.5, 0.6) is 5.75 Å². The fraction of sp³-hybridized carbons (Fsp3) is 0.526. The van der Waals surface area contributed by atoms with Crippen molar-refractivity contribution < 1.29 is 29.6 Å². The molecule has 1 aromatic heterocycles. The van der Waals surface area contributed by atoms with Gasteiger partial charge in [-0.3, -0.25) is 4.79 Å². The summed E-state index contributed by atoms with van der Waals surface area (Å²) in [4.78, 5) is 11.7. The van der Waals surface area contributed by atoms with Crippen molar-refractivity contribution >= 4 is 18.1 Å². The molecule has 0 aliphatic carbocycles. The van der Waals surface area contributed by atoms with E-state index in [0.717, 1.165) is 5.56 Å². The van der Waals surface area contributed by atoms with Gasteiger partial charge in [0.1, 0.15) is 36.7 Å². The number of aliphatic hydroxyl groups is 3. The molecule has 0 spiro atoms. The van der Waals surface area contributed by atoms with Gasteiger partial charge in [-0.1, -0.05) is 18.2 Å². The van der Waals surface area contributed by atoms with E-state index >= 15 is 0 Å². The number of aliphatic hydroxyl groups excluding tert-OH is 3. The molecule has 10 nitrogen and oxygen atoms in total. The van der Waals surface area contributed by atoms with Gasteiger partial charge < -0.3 is 34.7 Å². The smallest absolute Gasteiger partial charge is 0.217 e. The van der Waals surface area contributed by atoms with Crippen LogP contribution in [0.4, 0.5) is 0 Å². The molecule has 0 unspecified atom stereocenters. The first kappa shape index (κ1) is 22.4. The van der Waals surface area contributed by atoms with E-state index in [1.54, 1.807) is 11.6 Å². The molecule has 3 rings (SSSR count). The Morgan fingerprint density at radius 3 is 2.67 bits per heavy atom. The molecule has 0 bridgehead atoms. The third-order valence-electron chi connectivity index (χ3n) is 5.05. The van der Waals surface area contributed by atoms with Gasteiger partial charge in [0.15, 0.2) is 16.8 Å². The second-order valence-corrected chi connectivity index (χ2v) is 7.58. The summed E-state index contributed by atoms with van der Waals surface area (Å²) in [5, 5.41) is 37.2. The summed E-state index contributed by atoms with van der Waals surface area (Å²) < 4.78 is 14.8. The van der Waals surface area contributed by atoms with E-state index in [1.807, 2.05) is 31.2 Å². The van der Waals surface area contributed by atoms with Crippen LogP contribution in [0.25, 0.3) is 0 Å². The molecule has 4 N–H and O–H groups in total. The van der Waals surface area contributed by atoms with Crippen LogP contribution in [-0.4, -0.2) is 66.5 Å². The number of carbonyl (C=O) groups excluding carboxylic acids is 1. The Bertz CT molecular complexity index is 961. The Kier molecular flexibility index (Phi) is 6.88. The Balaban J connectivity index is 1.91. The van der Waals surface area contributed by atoms with E-state index in [2.05, 4.69) is 10.4 Å². The maximum Gasteiger partial charge on any atom is 0.217 e. The van der Waals surface area contributed by atoms with Crippen molar-refractivity contribution in [2.45, 2.75) is 51.0 Å². The molecule has 1 saturated heterocycles. The molecule has 1 aliphatic rings. The third kappa shape index (κ3) is 4.40. The molecule has 1 aliphatic heterocycles. The number of nitrogens with one attached hydrogen (secondary N) is 1. The first-order chi connectivity index (χ1) is 14.2. The molecular formula is C19H26N4O6S. The van der Waals surface area contributed by atoms with Gasteiger partial charge in [-0.15, -0.1) is 0 Å². The number of ether oxygens (including phenoxy) is 2. The van der Waals surface area contributed by atoms with Crippen LogP contribution in [0, 0.1) is 11.7 Å². The number of hydrogen-bond donors (Lipinski definition) is 4. The summed E-state index contributed by atoms with van der Waals surface area (Å²) in [6, 6.07) is 6.55. The van der Waals surface area contributed by atoms with Gasteiger partial charge >= 0.3 is 0 Å². The monoisotopic (exact) mass is 438 g/mol. The SMILES string of the molecule is CC(=O)N[C@@H]1[C@@H](O)[C@H](O)[C@@H](CO)O[C@H]1n1nc(COc2ccccc2C)n(C)c1=S. The minimum absolute atomic E-state index is 0.129. The highest BCUT2D eigenvalue weighted by molar-refractivity contribution is 7.71. The third-order valence-corrected chi connectivity index (χ3v) is 5.52. The summed E-state index contributed by atoms with van der Waals surface area (Å²) in [6.45, 7) is 2.82. The van der Waals surface area contributed by atoms with Crippen LogP contribution < -0.4 is 10.1 Å². The molecule has 2 aromatic rings. The Hall–Kier alpha value is -2.31. The molecule has 164 valence electrons. The molecule has 0 radical (unpaired) electrons. The highest BCUT2D eigenvalue weighted by Gasteiger charge is 2.46. The maximum absolute atomic E-state index is 11.7. The second kappa shape index (κ2) is 9.23. The van der Waals surface area contributed by atoms with E-state index in [1.165, 1.54) is 11.6 Å². The molecule has 1 aromatic carbocycles. The molecular weight excluding hydrogens is 412 g/mol. The van der Waals surface area contributed by atoms with Crippen molar-refractivity contribution in [3.63, 3.8) is 0 Å². The van der Waals surface area contributed by atoms with E-state index in [0.29, 0.717) is 11.6 Å². The topological polar surface area (TPSA) is 131 Å². The molecule has 5 atom stereocenters. The first-order valence-electron chi connectivity index (χ1n) is 9.47. The van der Waals surface area contributed by atoms with Gasteiger partial charge in [0.25, 0.3) is 0 Å². The normalized spacial score (nSPS) is 26.4. The highest BCUT2D eigenvalue weighted by Crippen LogP contribution is 2.29. The summed E-state index contributed by atoms with van der Waals surface area (Å²) >= 11 is 5.47. The average Bonchev–Trinajstić information content (AvgIpc) is 2.99. The van der Waals surface area contributed by atoms with Crippen LogP contribution in [-0.2, 0) is 23.2 Å². The van der Waals surface area contributed by atoms with Gasteiger partial charge in [-0.2, -0.15) is 5.10 Å². The van der Waals surface area contributed by atoms with Gasteiger partial charge in [-0.25, -0.2) is 4.68 Å². The van der Waals surface area contributed by atoms with Crippen molar-refractivity contribution in [1.82, 2.24) is 19.7 Å². The van der Waals surface area contributed by atoms with Crippen molar-refractivity contribution in [3.05, 3.63) is 40.4 Å². The lowest BCUT2D eigenvalue weighted by Crippen LogP contribution is -2.62. The van der Waals surface area contributed by atoms with Gasteiger partial charge in [0.2, 0.25) is 5.91 Å². The predicted molar refractivity (Wildman–Crippen MR) is 108 cm³/mol. The molecule has 2 heterocycles. The number of carbonyl (C=O) groups is 1. The summed E-state index contributed by atoms with van der Waals surface area (Å²) in [7, 11) is 1.72. The van der Waals surface area contributed by atoms with Crippen molar-refractivity contribution in [2.75, 3.05) is 6.61 Å². The molecule has 0 saturated carbocycles. The van der Waals surface area contributed by atoms with Crippen LogP contribution in [0.2, 0.25) is 0 Å². The maximum atomic E-state index is 11.7. The number of amides is 1. The fourth-order valence-corrected chi connectivity index (χ4v) is 3.60. The van der Waals surface area contributed by atoms with E-state index < -0.39 is 43.1 Å². The zero-order valence-corrected chi connectivity index (χ0v) is 17.7. The number of aromatic nitrogens is 3. The Labute approximate surface area is 178 Å². The number of hydrogen-bond acceptors (Lipinski definition) is 8. The lowest BCUT2D eigenvalue weighted by atomic mass is 9.96. The number of benzene rings is 1. The molecule has 1 fully saturated rings. The fourth-order valence-electron chi connectivity index (χ4n) is 3.35. The van der Waals surface area contributed by atoms with Crippen LogP contribution >= 0.6 is 12.2 Å². The summed E-state index contributed by atoms with van der Waals surface area (Å²) in [5.74, 6) is 0.782. The lowest BCUT2D eigenvalue weighted by molar-refractivity contribution is -0.219. The van der Waals surface area contributed by atoms with Crippen molar-refractivity contribution in [1.29, 1.82) is 0 Å². The van der Waals surface area contributed by atoms with Gasteiger partial charge in [0.05, 0.1) is 6.61 Å². The van der Waals surface area contributed by atoms with E-state index in [9.17, 15) is 20.1 Å². The van der Waals surface area contributed by atoms with Crippen molar-refractivity contribution in [3.8, 4) is 5.75 Å². The lowest BCUT2D eigenvalue weighted by Gasteiger charge is -2.42. The van der Waals surface area contributed by atoms with Crippen LogP contribution in [0.1, 0.15) is 24.5 Å². The molecule has 11 heteroatoms. The summed E-state index contributed by atoms with van der Waals surface area (Å²) in [5.41, 5.74) is 0.974. The van der Waals surface area contributed by atoms with Gasteiger partial charge in [0, 0.05) is 14.0 Å². The standard InChI is InChI=1S/C19H26N4O6S/c1-10-6-4-5-7-12(10)28-9-14-21-23(19(30)22(14)3)18-15(20-11(2)25)17(27)16(26)13(8-24)29-18/h4-7,13,15-18,24,26-27H,8-9H2,1-3H3,(H,20,25)/t13-,15-,16-,17-,18-/m1/s1. The predicted octanol–water partition coefficient (Wildman–Crippen LogP) is -0.0453. The number of nitrogens with zero attached hydrogens (tertiary/aromatic N) is 3. The van der Waals surface area contributed by atoms with Gasteiger partial charge in [-0.05, 0) is 30.8 Å². The minimum Gasteiger partial charge on any atom is -0.485 e. The first-order valence-corrected chi connectivity index (χ1v) is 9.87. The quantitative estimate of drug-likeness (QED) is 0.462. The number of aryl methyl sites for hydroxylation is 1. The van der Waals surface area contributed by atoms with Crippen LogP contribution in [0.15, 0.2) is 24.3 Å². The highest BCUT2D eigenvalue weighted by atomic mass is 32.1. The largest absolute Gasteiger partial charge is 0.485 e. The zero-order valence-electron chi connectivity index (χ0n) is 16.9. The Morgan fingerprint density at radius 1 is 1.33 bits per heavy atom. The number of para-hydroxylation sites is 1. The molecule has 1 amide bonds. The molecule has 30 heavy (non-hydrogen) atoms. The van der Waals surface area contributed by atoms with E-state index in [4.69, 9.17) is 21.7 Å². The number of rotatable bonds is 6. The minimum atomic E-state index is -1.39. The zero-order chi connectivity index (χ0) is 22.0. The Morgan fingerprint density at radius 2 is 2.03 bits per heavy atom. The van der Waals surface area contributed by atoms with E-state index in [-0.39, 0.29) is 11.4 Å². The average molecular weight is 439 g/mol. The summed E-state index contributed by atoms with van der Waals surface area (Å²) in [6.07, 6.45) is -4.87. The van der Waals surface area contributed by atoms with Crippen molar-refractivity contribution in [2.24, 2.45) is 7.05 Å².